The third kappa shape index (κ3) is 3.58. The Hall–Kier alpha value is -1.63. The first-order valence-electron chi connectivity index (χ1n) is 8.26. The summed E-state index contributed by atoms with van der Waals surface area (Å²) in [4.78, 5) is 11.8. The molecule has 7 heteroatoms. The Labute approximate surface area is 130 Å². The number of aromatic nitrogens is 3. The quantitative estimate of drug-likeness (QED) is 0.718. The maximum absolute atomic E-state index is 11.8. The number of hydrogen-bond donors (Lipinski definition) is 3. The molecule has 2 amide bonds. The van der Waals surface area contributed by atoms with Gasteiger partial charge in [0.15, 0.2) is 0 Å². The lowest BCUT2D eigenvalue weighted by molar-refractivity contribution is 0.203. The fourth-order valence-corrected chi connectivity index (χ4v) is 2.92. The Balaban J connectivity index is 1.41. The highest BCUT2D eigenvalue weighted by molar-refractivity contribution is 5.73. The minimum atomic E-state index is -0.171. The Morgan fingerprint density at radius 2 is 2.09 bits per heavy atom. The lowest BCUT2D eigenvalue weighted by Crippen LogP contribution is -2.40. The maximum Gasteiger partial charge on any atom is 0.314 e. The van der Waals surface area contributed by atoms with Gasteiger partial charge in [-0.2, -0.15) is 0 Å². The van der Waals surface area contributed by atoms with E-state index in [-0.39, 0.29) is 18.1 Å². The fraction of sp³-hybridized carbons (Fsp3) is 0.800. The number of aliphatic hydroxyl groups excluding tert-OH is 1. The number of amides is 2. The molecule has 2 heterocycles. The maximum atomic E-state index is 11.8. The Morgan fingerprint density at radius 1 is 1.23 bits per heavy atom. The van der Waals surface area contributed by atoms with Gasteiger partial charge in [-0.1, -0.05) is 6.42 Å². The molecular weight excluding hydrogens is 282 g/mol. The van der Waals surface area contributed by atoms with E-state index in [1.807, 2.05) is 0 Å². The van der Waals surface area contributed by atoms with Crippen LogP contribution in [-0.4, -0.2) is 45.6 Å². The van der Waals surface area contributed by atoms with E-state index >= 15 is 0 Å². The van der Waals surface area contributed by atoms with Crippen LogP contribution in [-0.2, 0) is 19.4 Å². The molecule has 0 spiro atoms. The van der Waals surface area contributed by atoms with Crippen molar-refractivity contribution in [1.29, 1.82) is 0 Å². The number of aliphatic hydroxyl groups is 1. The molecule has 0 radical (unpaired) electrons. The summed E-state index contributed by atoms with van der Waals surface area (Å²) in [5.74, 6) is 2.04. The van der Waals surface area contributed by atoms with Crippen molar-refractivity contribution in [3.05, 3.63) is 11.6 Å². The highest BCUT2D eigenvalue weighted by Crippen LogP contribution is 2.44. The van der Waals surface area contributed by atoms with Crippen molar-refractivity contribution in [2.24, 2.45) is 5.41 Å². The second kappa shape index (κ2) is 6.64. The van der Waals surface area contributed by atoms with Crippen molar-refractivity contribution < 1.29 is 9.90 Å². The van der Waals surface area contributed by atoms with Crippen molar-refractivity contribution in [3.63, 3.8) is 0 Å². The van der Waals surface area contributed by atoms with Gasteiger partial charge < -0.3 is 20.3 Å². The van der Waals surface area contributed by atoms with Crippen LogP contribution in [0.15, 0.2) is 0 Å². The van der Waals surface area contributed by atoms with Gasteiger partial charge in [0.25, 0.3) is 0 Å². The van der Waals surface area contributed by atoms with E-state index in [1.54, 1.807) is 0 Å². The minimum Gasteiger partial charge on any atom is -0.396 e. The molecule has 1 aromatic heterocycles. The topological polar surface area (TPSA) is 92.1 Å². The number of hydrogen-bond acceptors (Lipinski definition) is 4. The van der Waals surface area contributed by atoms with Crippen molar-refractivity contribution in [2.45, 2.75) is 51.5 Å². The molecule has 0 bridgehead atoms. The Kier molecular flexibility index (Phi) is 4.61. The van der Waals surface area contributed by atoms with Crippen LogP contribution in [0.25, 0.3) is 0 Å². The summed E-state index contributed by atoms with van der Waals surface area (Å²) in [5, 5.41) is 23.4. The van der Waals surface area contributed by atoms with Gasteiger partial charge in [0, 0.05) is 37.9 Å². The summed E-state index contributed by atoms with van der Waals surface area (Å²) in [7, 11) is 0. The van der Waals surface area contributed by atoms with Gasteiger partial charge in [0.1, 0.15) is 11.6 Å². The molecule has 1 aromatic rings. The molecule has 0 aromatic carbocycles. The van der Waals surface area contributed by atoms with E-state index in [0.717, 1.165) is 37.5 Å². The standard InChI is InChI=1S/C15H25N5O2/c21-11-15(6-7-15)10-17-14(22)16-8-5-13-19-18-12-4-2-1-3-9-20(12)13/h21H,1-11H2,(H2,16,17,22). The van der Waals surface area contributed by atoms with Gasteiger partial charge >= 0.3 is 6.03 Å². The molecular formula is C15H25N5O2. The van der Waals surface area contributed by atoms with Gasteiger partial charge in [0.2, 0.25) is 0 Å². The SMILES string of the molecule is O=C(NCCc1nnc2n1CCCCC2)NCC1(CO)CC1. The summed E-state index contributed by atoms with van der Waals surface area (Å²) in [6.07, 6.45) is 7.30. The predicted octanol–water partition coefficient (Wildman–Crippen LogP) is 0.619. The molecule has 0 unspecified atom stereocenters. The summed E-state index contributed by atoms with van der Waals surface area (Å²) in [5.41, 5.74) is -0.0539. The van der Waals surface area contributed by atoms with E-state index in [2.05, 4.69) is 25.4 Å². The summed E-state index contributed by atoms with van der Waals surface area (Å²) in [6, 6.07) is -0.171. The van der Waals surface area contributed by atoms with Gasteiger partial charge in [-0.3, -0.25) is 0 Å². The van der Waals surface area contributed by atoms with Crippen LogP contribution in [0.1, 0.15) is 43.8 Å². The third-order valence-corrected chi connectivity index (χ3v) is 4.74. The number of urea groups is 1. The summed E-state index contributed by atoms with van der Waals surface area (Å²) in [6.45, 7) is 2.24. The first kappa shape index (κ1) is 15.3. The van der Waals surface area contributed by atoms with Gasteiger partial charge in [-0.15, -0.1) is 10.2 Å². The van der Waals surface area contributed by atoms with Crippen molar-refractivity contribution >= 4 is 6.03 Å². The van der Waals surface area contributed by atoms with Crippen molar-refractivity contribution in [2.75, 3.05) is 19.7 Å². The van der Waals surface area contributed by atoms with E-state index < -0.39 is 0 Å². The first-order valence-corrected chi connectivity index (χ1v) is 8.26. The van der Waals surface area contributed by atoms with Crippen LogP contribution in [0.5, 0.6) is 0 Å². The van der Waals surface area contributed by atoms with E-state index in [9.17, 15) is 9.90 Å². The average molecular weight is 307 g/mol. The van der Waals surface area contributed by atoms with Crippen LogP contribution < -0.4 is 10.6 Å². The van der Waals surface area contributed by atoms with Crippen LogP contribution in [0.2, 0.25) is 0 Å². The molecule has 3 N–H and O–H groups in total. The summed E-state index contributed by atoms with van der Waals surface area (Å²) >= 11 is 0. The Bertz CT molecular complexity index is 524. The van der Waals surface area contributed by atoms with Gasteiger partial charge in [0.05, 0.1) is 6.61 Å². The Morgan fingerprint density at radius 3 is 2.86 bits per heavy atom. The number of carbonyl (C=O) groups is 1. The van der Waals surface area contributed by atoms with Crippen LogP contribution >= 0.6 is 0 Å². The number of nitrogens with zero attached hydrogens (tertiary/aromatic N) is 3. The fourth-order valence-electron chi connectivity index (χ4n) is 2.92. The van der Waals surface area contributed by atoms with Gasteiger partial charge in [-0.25, -0.2) is 4.79 Å². The van der Waals surface area contributed by atoms with E-state index in [1.165, 1.54) is 19.3 Å². The average Bonchev–Trinajstić information content (AvgIpc) is 3.27. The zero-order valence-electron chi connectivity index (χ0n) is 13.0. The molecule has 0 atom stereocenters. The molecule has 1 fully saturated rings. The van der Waals surface area contributed by atoms with Crippen LogP contribution in [0.3, 0.4) is 0 Å². The number of carbonyl (C=O) groups excluding carboxylic acids is 1. The normalized spacial score (nSPS) is 19.1. The zero-order valence-corrected chi connectivity index (χ0v) is 13.0. The molecule has 1 saturated carbocycles. The molecule has 0 saturated heterocycles. The highest BCUT2D eigenvalue weighted by atomic mass is 16.3. The third-order valence-electron chi connectivity index (χ3n) is 4.74. The molecule has 3 rings (SSSR count). The second-order valence-corrected chi connectivity index (χ2v) is 6.51. The molecule has 2 aliphatic rings. The number of nitrogens with one attached hydrogen (secondary N) is 2. The smallest absolute Gasteiger partial charge is 0.314 e. The zero-order chi connectivity index (χ0) is 15.4. The predicted molar refractivity (Wildman–Crippen MR) is 81.4 cm³/mol. The molecule has 122 valence electrons. The monoisotopic (exact) mass is 307 g/mol. The lowest BCUT2D eigenvalue weighted by Gasteiger charge is -2.13. The van der Waals surface area contributed by atoms with Crippen molar-refractivity contribution in [3.8, 4) is 0 Å². The van der Waals surface area contributed by atoms with E-state index in [0.29, 0.717) is 19.5 Å². The molecule has 1 aliphatic carbocycles. The molecule has 7 nitrogen and oxygen atoms in total. The number of aryl methyl sites for hydroxylation is 1. The lowest BCUT2D eigenvalue weighted by atomic mass is 10.1. The molecule has 1 aliphatic heterocycles. The second-order valence-electron chi connectivity index (χ2n) is 6.51. The van der Waals surface area contributed by atoms with Crippen molar-refractivity contribution in [1.82, 2.24) is 25.4 Å². The number of fused-ring (bicyclic) bond motifs is 1. The molecule has 22 heavy (non-hydrogen) atoms. The largest absolute Gasteiger partial charge is 0.396 e. The van der Waals surface area contributed by atoms with E-state index in [4.69, 9.17) is 0 Å². The minimum absolute atomic E-state index is 0.0539. The highest BCUT2D eigenvalue weighted by Gasteiger charge is 2.42. The summed E-state index contributed by atoms with van der Waals surface area (Å²) < 4.78 is 2.21. The first-order chi connectivity index (χ1) is 10.7. The van der Waals surface area contributed by atoms with Crippen LogP contribution in [0, 0.1) is 5.41 Å². The number of rotatable bonds is 6. The van der Waals surface area contributed by atoms with Gasteiger partial charge in [-0.05, 0) is 25.7 Å². The van der Waals surface area contributed by atoms with Crippen LogP contribution in [0.4, 0.5) is 4.79 Å².